The van der Waals surface area contributed by atoms with E-state index in [4.69, 9.17) is 0 Å². The number of aryl methyl sites for hydroxylation is 1. The minimum Gasteiger partial charge on any atom is -0.339 e. The molecule has 3 rings (SSSR count). The second kappa shape index (κ2) is 5.47. The molecule has 5 heteroatoms. The van der Waals surface area contributed by atoms with Crippen LogP contribution >= 0.6 is 0 Å². The monoisotopic (exact) mass is 286 g/mol. The highest BCUT2D eigenvalue weighted by Gasteiger charge is 2.22. The Hall–Kier alpha value is -1.91. The van der Waals surface area contributed by atoms with Crippen LogP contribution in [0.4, 0.5) is 0 Å². The Morgan fingerprint density at radius 1 is 1.24 bits per heavy atom. The second-order valence-corrected chi connectivity index (χ2v) is 6.08. The van der Waals surface area contributed by atoms with Gasteiger partial charge in [0.05, 0.1) is 17.1 Å². The predicted octanol–water partition coefficient (Wildman–Crippen LogP) is 2.95. The number of rotatable bonds is 2. The third kappa shape index (κ3) is 2.52. The van der Waals surface area contributed by atoms with E-state index < -0.39 is 0 Å². The SMILES string of the molecule is Cc1cc(C(=O)N2CCCCC2)c2cnn(C(C)C)c2n1. The van der Waals surface area contributed by atoms with Crippen LogP contribution in [-0.4, -0.2) is 38.7 Å². The number of fused-ring (bicyclic) bond motifs is 1. The molecule has 0 saturated carbocycles. The van der Waals surface area contributed by atoms with E-state index in [1.54, 1.807) is 6.20 Å². The molecule has 1 fully saturated rings. The van der Waals surface area contributed by atoms with Crippen LogP contribution in [0.3, 0.4) is 0 Å². The van der Waals surface area contributed by atoms with Crippen molar-refractivity contribution >= 4 is 16.9 Å². The molecule has 2 aromatic heterocycles. The average molecular weight is 286 g/mol. The number of aromatic nitrogens is 3. The summed E-state index contributed by atoms with van der Waals surface area (Å²) in [4.78, 5) is 19.3. The second-order valence-electron chi connectivity index (χ2n) is 6.08. The zero-order valence-electron chi connectivity index (χ0n) is 13.0. The molecule has 0 atom stereocenters. The molecule has 2 aromatic rings. The van der Waals surface area contributed by atoms with Crippen molar-refractivity contribution in [1.82, 2.24) is 19.7 Å². The molecule has 0 N–H and O–H groups in total. The molecule has 0 unspecified atom stereocenters. The van der Waals surface area contributed by atoms with E-state index >= 15 is 0 Å². The summed E-state index contributed by atoms with van der Waals surface area (Å²) in [6, 6.07) is 2.13. The highest BCUT2D eigenvalue weighted by Crippen LogP contribution is 2.23. The Kier molecular flexibility index (Phi) is 3.66. The quantitative estimate of drug-likeness (QED) is 0.853. The van der Waals surface area contributed by atoms with Crippen molar-refractivity contribution in [2.24, 2.45) is 0 Å². The Bertz CT molecular complexity index is 668. The van der Waals surface area contributed by atoms with Crippen molar-refractivity contribution in [2.75, 3.05) is 13.1 Å². The van der Waals surface area contributed by atoms with Gasteiger partial charge in [-0.15, -0.1) is 0 Å². The van der Waals surface area contributed by atoms with Gasteiger partial charge < -0.3 is 4.90 Å². The molecule has 5 nitrogen and oxygen atoms in total. The van der Waals surface area contributed by atoms with Gasteiger partial charge in [-0.05, 0) is 46.1 Å². The smallest absolute Gasteiger partial charge is 0.254 e. The Labute approximate surface area is 125 Å². The van der Waals surface area contributed by atoms with Gasteiger partial charge in [-0.1, -0.05) is 0 Å². The van der Waals surface area contributed by atoms with E-state index in [1.165, 1.54) is 6.42 Å². The van der Waals surface area contributed by atoms with Crippen LogP contribution in [0.15, 0.2) is 12.3 Å². The Morgan fingerprint density at radius 3 is 2.62 bits per heavy atom. The lowest BCUT2D eigenvalue weighted by atomic mass is 10.1. The highest BCUT2D eigenvalue weighted by molar-refractivity contribution is 6.05. The van der Waals surface area contributed by atoms with Crippen molar-refractivity contribution in [3.63, 3.8) is 0 Å². The molecular weight excluding hydrogens is 264 g/mol. The van der Waals surface area contributed by atoms with Crippen LogP contribution in [0.25, 0.3) is 11.0 Å². The zero-order chi connectivity index (χ0) is 15.0. The Morgan fingerprint density at radius 2 is 1.95 bits per heavy atom. The number of likely N-dealkylation sites (tertiary alicyclic amines) is 1. The van der Waals surface area contributed by atoms with Crippen LogP contribution in [-0.2, 0) is 0 Å². The number of piperidine rings is 1. The molecule has 1 amide bonds. The number of amides is 1. The molecule has 1 aliphatic heterocycles. The zero-order valence-corrected chi connectivity index (χ0v) is 13.0. The maximum Gasteiger partial charge on any atom is 0.254 e. The summed E-state index contributed by atoms with van der Waals surface area (Å²) < 4.78 is 1.88. The van der Waals surface area contributed by atoms with Gasteiger partial charge >= 0.3 is 0 Å². The van der Waals surface area contributed by atoms with E-state index in [0.29, 0.717) is 0 Å². The number of carbonyl (C=O) groups excluding carboxylic acids is 1. The van der Waals surface area contributed by atoms with Gasteiger partial charge in [0.25, 0.3) is 5.91 Å². The summed E-state index contributed by atoms with van der Waals surface area (Å²) in [5, 5.41) is 5.27. The molecule has 21 heavy (non-hydrogen) atoms. The maximum absolute atomic E-state index is 12.8. The first-order chi connectivity index (χ1) is 10.1. The summed E-state index contributed by atoms with van der Waals surface area (Å²) >= 11 is 0. The molecular formula is C16H22N4O. The normalized spacial score (nSPS) is 15.9. The third-order valence-corrected chi connectivity index (χ3v) is 4.06. The summed E-state index contributed by atoms with van der Waals surface area (Å²) in [5.41, 5.74) is 2.42. The molecule has 0 radical (unpaired) electrons. The number of nitrogens with zero attached hydrogens (tertiary/aromatic N) is 4. The number of hydrogen-bond donors (Lipinski definition) is 0. The molecule has 0 aliphatic carbocycles. The minimum absolute atomic E-state index is 0.119. The summed E-state index contributed by atoms with van der Waals surface area (Å²) in [6.45, 7) is 7.80. The van der Waals surface area contributed by atoms with Gasteiger partial charge in [0, 0.05) is 24.8 Å². The first kappa shape index (κ1) is 14.0. The first-order valence-electron chi connectivity index (χ1n) is 7.72. The number of pyridine rings is 1. The van der Waals surface area contributed by atoms with E-state index in [2.05, 4.69) is 23.9 Å². The van der Waals surface area contributed by atoms with Crippen LogP contribution < -0.4 is 0 Å². The van der Waals surface area contributed by atoms with Gasteiger partial charge in [-0.25, -0.2) is 9.67 Å². The van der Waals surface area contributed by atoms with Crippen molar-refractivity contribution < 1.29 is 4.79 Å². The van der Waals surface area contributed by atoms with Gasteiger partial charge in [-0.2, -0.15) is 5.10 Å². The molecule has 0 bridgehead atoms. The third-order valence-electron chi connectivity index (χ3n) is 4.06. The van der Waals surface area contributed by atoms with E-state index in [0.717, 1.165) is 48.2 Å². The van der Waals surface area contributed by atoms with E-state index in [-0.39, 0.29) is 11.9 Å². The van der Waals surface area contributed by atoms with E-state index in [9.17, 15) is 4.79 Å². The van der Waals surface area contributed by atoms with Gasteiger partial charge in [0.2, 0.25) is 0 Å². The van der Waals surface area contributed by atoms with Gasteiger partial charge in [0.1, 0.15) is 0 Å². The maximum atomic E-state index is 12.8. The molecule has 0 spiro atoms. The van der Waals surface area contributed by atoms with E-state index in [1.807, 2.05) is 22.6 Å². The van der Waals surface area contributed by atoms with Crippen LogP contribution in [0.1, 0.15) is 55.2 Å². The fourth-order valence-electron chi connectivity index (χ4n) is 2.97. The summed E-state index contributed by atoms with van der Waals surface area (Å²) in [5.74, 6) is 0.119. The lowest BCUT2D eigenvalue weighted by molar-refractivity contribution is 0.0726. The molecule has 1 saturated heterocycles. The van der Waals surface area contributed by atoms with Crippen molar-refractivity contribution in [2.45, 2.75) is 46.1 Å². The standard InChI is InChI=1S/C16H22N4O/c1-11(2)20-15-14(10-17-20)13(9-12(3)18-15)16(21)19-7-5-4-6-8-19/h9-11H,4-8H2,1-3H3. The lowest BCUT2D eigenvalue weighted by Crippen LogP contribution is -2.35. The topological polar surface area (TPSA) is 51.0 Å². The predicted molar refractivity (Wildman–Crippen MR) is 82.4 cm³/mol. The average Bonchev–Trinajstić information content (AvgIpc) is 2.90. The molecule has 1 aliphatic rings. The summed E-state index contributed by atoms with van der Waals surface area (Å²) in [6.07, 6.45) is 5.20. The molecule has 0 aromatic carbocycles. The fraction of sp³-hybridized carbons (Fsp3) is 0.562. The van der Waals surface area contributed by atoms with Gasteiger partial charge in [-0.3, -0.25) is 4.79 Å². The highest BCUT2D eigenvalue weighted by atomic mass is 16.2. The lowest BCUT2D eigenvalue weighted by Gasteiger charge is -2.27. The molecule has 3 heterocycles. The number of carbonyl (C=O) groups is 1. The summed E-state index contributed by atoms with van der Waals surface area (Å²) in [7, 11) is 0. The van der Waals surface area contributed by atoms with Gasteiger partial charge in [0.15, 0.2) is 5.65 Å². The van der Waals surface area contributed by atoms with Crippen molar-refractivity contribution in [1.29, 1.82) is 0 Å². The number of hydrogen-bond acceptors (Lipinski definition) is 3. The molecule has 112 valence electrons. The fourth-order valence-corrected chi connectivity index (χ4v) is 2.97. The van der Waals surface area contributed by atoms with Crippen molar-refractivity contribution in [3.05, 3.63) is 23.5 Å². The first-order valence-corrected chi connectivity index (χ1v) is 7.72. The van der Waals surface area contributed by atoms with Crippen LogP contribution in [0.5, 0.6) is 0 Å². The van der Waals surface area contributed by atoms with Crippen LogP contribution in [0, 0.1) is 6.92 Å². The van der Waals surface area contributed by atoms with Crippen molar-refractivity contribution in [3.8, 4) is 0 Å². The van der Waals surface area contributed by atoms with Crippen LogP contribution in [0.2, 0.25) is 0 Å². The Balaban J connectivity index is 2.07. The largest absolute Gasteiger partial charge is 0.339 e. The minimum atomic E-state index is 0.119.